The molecule has 0 N–H and O–H groups in total. The number of aromatic nitrogens is 2. The number of rotatable bonds is 7. The lowest BCUT2D eigenvalue weighted by Crippen LogP contribution is -2.46. The Bertz CT molecular complexity index is 1530. The summed E-state index contributed by atoms with van der Waals surface area (Å²) in [7, 11) is 0. The molecule has 1 saturated heterocycles. The lowest BCUT2D eigenvalue weighted by atomic mass is 9.84. The Morgan fingerprint density at radius 2 is 1.93 bits per heavy atom. The van der Waals surface area contributed by atoms with E-state index in [9.17, 15) is 9.59 Å². The van der Waals surface area contributed by atoms with Gasteiger partial charge in [0.1, 0.15) is 17.9 Å². The lowest BCUT2D eigenvalue weighted by molar-refractivity contribution is -0.132. The monoisotopic (exact) mass is 585 g/mol. The van der Waals surface area contributed by atoms with Crippen LogP contribution in [0.4, 0.5) is 10.5 Å². The molecule has 0 radical (unpaired) electrons. The molecular formula is C33H39N5O5. The molecular weight excluding hydrogens is 546 g/mol. The van der Waals surface area contributed by atoms with Gasteiger partial charge in [-0.05, 0) is 96.0 Å². The van der Waals surface area contributed by atoms with Crippen molar-refractivity contribution in [3.63, 3.8) is 0 Å². The molecule has 0 saturated carbocycles. The summed E-state index contributed by atoms with van der Waals surface area (Å²) in [6.45, 7) is 18.3. The van der Waals surface area contributed by atoms with Gasteiger partial charge < -0.3 is 18.9 Å². The number of ether oxygens (including phenoxy) is 2. The second-order valence-corrected chi connectivity index (χ2v) is 12.4. The van der Waals surface area contributed by atoms with E-state index in [2.05, 4.69) is 10.0 Å². The topological polar surface area (TPSA) is 102 Å². The van der Waals surface area contributed by atoms with Crippen molar-refractivity contribution in [3.8, 4) is 28.6 Å². The van der Waals surface area contributed by atoms with Gasteiger partial charge in [-0.2, -0.15) is 4.98 Å². The van der Waals surface area contributed by atoms with Crippen LogP contribution in [0.25, 0.3) is 27.7 Å². The van der Waals surface area contributed by atoms with E-state index in [4.69, 9.17) is 25.6 Å². The molecule has 3 aromatic rings. The van der Waals surface area contributed by atoms with Crippen molar-refractivity contribution >= 4 is 17.7 Å². The van der Waals surface area contributed by atoms with E-state index in [0.29, 0.717) is 35.1 Å². The average molecular weight is 586 g/mol. The highest BCUT2D eigenvalue weighted by molar-refractivity contribution is 5.83. The number of nitrogens with zero attached hydrogens (tertiary/aromatic N) is 5. The van der Waals surface area contributed by atoms with Gasteiger partial charge in [-0.1, -0.05) is 23.4 Å². The fourth-order valence-electron chi connectivity index (χ4n) is 5.73. The van der Waals surface area contributed by atoms with Crippen LogP contribution in [-0.2, 0) is 16.0 Å². The van der Waals surface area contributed by atoms with Gasteiger partial charge in [0.15, 0.2) is 0 Å². The van der Waals surface area contributed by atoms with Gasteiger partial charge in [0.25, 0.3) is 5.89 Å². The lowest BCUT2D eigenvalue weighted by Gasteiger charge is -2.37. The Morgan fingerprint density at radius 1 is 1.16 bits per heavy atom. The third-order valence-corrected chi connectivity index (χ3v) is 7.60. The zero-order chi connectivity index (χ0) is 30.7. The van der Waals surface area contributed by atoms with E-state index in [1.165, 1.54) is 0 Å². The van der Waals surface area contributed by atoms with Crippen LogP contribution < -0.4 is 4.74 Å². The highest BCUT2D eigenvalue weighted by Crippen LogP contribution is 2.40. The summed E-state index contributed by atoms with van der Waals surface area (Å²) in [6, 6.07) is 10.8. The Kier molecular flexibility index (Phi) is 8.71. The molecule has 1 fully saturated rings. The third kappa shape index (κ3) is 6.82. The van der Waals surface area contributed by atoms with Crippen molar-refractivity contribution in [3.05, 3.63) is 58.9 Å². The smallest absolute Gasteiger partial charge is 0.411 e. The number of fused-ring (bicyclic) bond motifs is 1. The summed E-state index contributed by atoms with van der Waals surface area (Å²) in [5.41, 5.74) is 3.10. The molecule has 1 atom stereocenters. The molecule has 43 heavy (non-hydrogen) atoms. The predicted octanol–water partition coefficient (Wildman–Crippen LogP) is 6.98. The summed E-state index contributed by atoms with van der Waals surface area (Å²) in [4.78, 5) is 38.5. The molecule has 10 heteroatoms. The molecule has 2 aromatic carbocycles. The fourth-order valence-corrected chi connectivity index (χ4v) is 5.73. The third-order valence-electron chi connectivity index (χ3n) is 7.60. The largest absolute Gasteiger partial charge is 0.502 e. The van der Waals surface area contributed by atoms with E-state index in [0.717, 1.165) is 55.5 Å². The van der Waals surface area contributed by atoms with Crippen LogP contribution in [0.15, 0.2) is 40.9 Å². The van der Waals surface area contributed by atoms with E-state index in [1.807, 2.05) is 57.7 Å². The minimum Gasteiger partial charge on any atom is -0.502 e. The molecule has 1 aliphatic heterocycles. The van der Waals surface area contributed by atoms with E-state index in [-0.39, 0.29) is 24.6 Å². The molecule has 5 rings (SSSR count). The first-order valence-corrected chi connectivity index (χ1v) is 15.0. The minimum atomic E-state index is -0.696. The van der Waals surface area contributed by atoms with Crippen LogP contribution in [0.3, 0.4) is 0 Å². The van der Waals surface area contributed by atoms with Crippen molar-refractivity contribution in [2.45, 2.75) is 84.5 Å². The molecule has 2 amide bonds. The number of carbonyl (C=O) groups is 2. The van der Waals surface area contributed by atoms with Gasteiger partial charge in [0.05, 0.1) is 18.7 Å². The number of carbonyl (C=O) groups excluding carboxylic acids is 2. The zero-order valence-electron chi connectivity index (χ0n) is 25.6. The average Bonchev–Trinajstić information content (AvgIpc) is 3.68. The van der Waals surface area contributed by atoms with Gasteiger partial charge in [-0.25, -0.2) is 9.64 Å². The van der Waals surface area contributed by atoms with Crippen LogP contribution in [0, 0.1) is 6.57 Å². The fraction of sp³-hybridized carbons (Fsp3) is 0.485. The first-order valence-electron chi connectivity index (χ1n) is 15.0. The summed E-state index contributed by atoms with van der Waals surface area (Å²) in [6.07, 6.45) is 3.72. The second-order valence-electron chi connectivity index (χ2n) is 12.4. The molecule has 10 nitrogen and oxygen atoms in total. The Balaban J connectivity index is 1.46. The molecule has 0 spiro atoms. The van der Waals surface area contributed by atoms with Gasteiger partial charge in [0, 0.05) is 24.2 Å². The van der Waals surface area contributed by atoms with Crippen molar-refractivity contribution < 1.29 is 23.6 Å². The van der Waals surface area contributed by atoms with Gasteiger partial charge in [-0.15, -0.1) is 0 Å². The zero-order valence-corrected chi connectivity index (χ0v) is 25.6. The van der Waals surface area contributed by atoms with Crippen molar-refractivity contribution in [2.24, 2.45) is 0 Å². The SMILES string of the molecule is [C-]#[N+]c1cc(-c2nc(-c3cccc4c3CCC[C@H]4N(CC(=O)N3CCCC3)C(=O)OC(C)(C)C)no2)ccc1OC(C)C. The normalized spacial score (nSPS) is 16.5. The highest BCUT2D eigenvalue weighted by atomic mass is 16.6. The quantitative estimate of drug-likeness (QED) is 0.276. The van der Waals surface area contributed by atoms with E-state index in [1.54, 1.807) is 23.1 Å². The summed E-state index contributed by atoms with van der Waals surface area (Å²) in [5, 5.41) is 4.29. The first-order chi connectivity index (χ1) is 20.5. The standard InChI is InChI=1S/C33H39N5O5/c1-21(2)41-28-16-15-22(19-26(28)34-6)31-35-30(36-43-31)25-13-9-12-24-23(25)11-10-14-27(24)38(32(40)42-33(3,4)5)20-29(39)37-17-7-8-18-37/h9,12-13,15-16,19,21,27H,7-8,10-11,14,17-18,20H2,1-5H3/t27-/m1/s1. The highest BCUT2D eigenvalue weighted by Gasteiger charge is 2.36. The number of likely N-dealkylation sites (tertiary alicyclic amines) is 1. The maximum atomic E-state index is 13.5. The minimum absolute atomic E-state index is 0.0322. The van der Waals surface area contributed by atoms with Gasteiger partial charge in [0.2, 0.25) is 17.4 Å². The predicted molar refractivity (Wildman–Crippen MR) is 162 cm³/mol. The summed E-state index contributed by atoms with van der Waals surface area (Å²) >= 11 is 0. The van der Waals surface area contributed by atoms with E-state index >= 15 is 0 Å². The summed E-state index contributed by atoms with van der Waals surface area (Å²) in [5.74, 6) is 1.18. The van der Waals surface area contributed by atoms with Crippen molar-refractivity contribution in [1.29, 1.82) is 0 Å². The maximum absolute atomic E-state index is 13.5. The first kappa shape index (κ1) is 30.1. The Labute approximate surface area is 252 Å². The number of benzene rings is 2. The molecule has 0 unspecified atom stereocenters. The Hall–Kier alpha value is -4.39. The maximum Gasteiger partial charge on any atom is 0.411 e. The van der Waals surface area contributed by atoms with Crippen LogP contribution in [0.1, 0.15) is 77.5 Å². The summed E-state index contributed by atoms with van der Waals surface area (Å²) < 4.78 is 17.2. The van der Waals surface area contributed by atoms with Crippen LogP contribution in [-0.4, -0.2) is 63.3 Å². The van der Waals surface area contributed by atoms with E-state index < -0.39 is 11.7 Å². The number of hydrogen-bond acceptors (Lipinski definition) is 7. The molecule has 226 valence electrons. The number of hydrogen-bond donors (Lipinski definition) is 0. The molecule has 2 aliphatic rings. The molecule has 1 aliphatic carbocycles. The number of amides is 2. The van der Waals surface area contributed by atoms with Crippen LogP contribution in [0.5, 0.6) is 5.75 Å². The van der Waals surface area contributed by atoms with Crippen molar-refractivity contribution in [1.82, 2.24) is 19.9 Å². The Morgan fingerprint density at radius 3 is 2.63 bits per heavy atom. The van der Waals surface area contributed by atoms with Crippen molar-refractivity contribution in [2.75, 3.05) is 19.6 Å². The second kappa shape index (κ2) is 12.5. The molecule has 0 bridgehead atoms. The van der Waals surface area contributed by atoms with Gasteiger partial charge in [-0.3, -0.25) is 9.69 Å². The molecule has 1 aromatic heterocycles. The molecule has 2 heterocycles. The van der Waals surface area contributed by atoms with Gasteiger partial charge >= 0.3 is 6.09 Å². The van der Waals surface area contributed by atoms with Crippen LogP contribution in [0.2, 0.25) is 0 Å². The van der Waals surface area contributed by atoms with Crippen LogP contribution >= 0.6 is 0 Å².